The van der Waals surface area contributed by atoms with Crippen LogP contribution in [-0.4, -0.2) is 31.1 Å². The predicted molar refractivity (Wildman–Crippen MR) is 75.0 cm³/mol. The Morgan fingerprint density at radius 1 is 1.11 bits per heavy atom. The molecule has 2 aliphatic carbocycles. The van der Waals surface area contributed by atoms with Crippen molar-refractivity contribution in [2.75, 3.05) is 12.0 Å². The van der Waals surface area contributed by atoms with Gasteiger partial charge in [0, 0.05) is 18.1 Å². The summed E-state index contributed by atoms with van der Waals surface area (Å²) >= 11 is 0. The van der Waals surface area contributed by atoms with Gasteiger partial charge in [-0.05, 0) is 36.8 Å². The number of hydrogen-bond donors (Lipinski definition) is 1. The molecule has 2 fully saturated rings. The van der Waals surface area contributed by atoms with Crippen LogP contribution >= 0.6 is 0 Å². The second-order valence-corrected chi connectivity index (χ2v) is 8.59. The van der Waals surface area contributed by atoms with Crippen molar-refractivity contribution in [1.82, 2.24) is 0 Å². The van der Waals surface area contributed by atoms with Gasteiger partial charge >= 0.3 is 0 Å². The third-order valence-electron chi connectivity index (χ3n) is 4.32. The first-order valence-corrected chi connectivity index (χ1v) is 8.86. The molecule has 0 saturated heterocycles. The van der Waals surface area contributed by atoms with E-state index in [0.717, 1.165) is 36.8 Å². The molecular formula is C15H20O3S. The number of rotatable bonds is 5. The Hall–Kier alpha value is -0.870. The van der Waals surface area contributed by atoms with E-state index >= 15 is 0 Å². The molecule has 0 radical (unpaired) electrons. The van der Waals surface area contributed by atoms with Gasteiger partial charge in [-0.1, -0.05) is 24.3 Å². The SMILES string of the molecule is CS(=O)(=O)CC1(c2ccc(CC3(O)CC3)cc2)CC1. The van der Waals surface area contributed by atoms with Gasteiger partial charge < -0.3 is 5.11 Å². The van der Waals surface area contributed by atoms with E-state index < -0.39 is 15.4 Å². The van der Waals surface area contributed by atoms with Crippen molar-refractivity contribution < 1.29 is 13.5 Å². The Balaban J connectivity index is 1.75. The minimum absolute atomic E-state index is 0.136. The van der Waals surface area contributed by atoms with Crippen LogP contribution in [0.25, 0.3) is 0 Å². The van der Waals surface area contributed by atoms with Crippen LogP contribution in [0.3, 0.4) is 0 Å². The van der Waals surface area contributed by atoms with Gasteiger partial charge in [0.2, 0.25) is 0 Å². The third-order valence-corrected chi connectivity index (χ3v) is 5.40. The highest BCUT2D eigenvalue weighted by Gasteiger charge is 2.46. The fourth-order valence-corrected chi connectivity index (χ4v) is 4.31. The van der Waals surface area contributed by atoms with E-state index in [9.17, 15) is 13.5 Å². The van der Waals surface area contributed by atoms with E-state index in [0.29, 0.717) is 6.42 Å². The first kappa shape index (κ1) is 13.1. The Labute approximate surface area is 114 Å². The van der Waals surface area contributed by atoms with Crippen LogP contribution in [0.4, 0.5) is 0 Å². The number of aliphatic hydroxyl groups is 1. The Kier molecular flexibility index (Phi) is 2.81. The van der Waals surface area contributed by atoms with E-state index in [2.05, 4.69) is 0 Å². The number of benzene rings is 1. The van der Waals surface area contributed by atoms with Gasteiger partial charge in [-0.25, -0.2) is 8.42 Å². The highest BCUT2D eigenvalue weighted by atomic mass is 32.2. The maximum Gasteiger partial charge on any atom is 0.148 e. The molecule has 0 aromatic heterocycles. The molecule has 19 heavy (non-hydrogen) atoms. The maximum absolute atomic E-state index is 11.5. The van der Waals surface area contributed by atoms with Crippen molar-refractivity contribution in [3.63, 3.8) is 0 Å². The number of hydrogen-bond acceptors (Lipinski definition) is 3. The summed E-state index contributed by atoms with van der Waals surface area (Å²) in [5, 5.41) is 9.90. The molecule has 2 aliphatic rings. The molecule has 0 bridgehead atoms. The van der Waals surface area contributed by atoms with E-state index in [1.165, 1.54) is 6.26 Å². The lowest BCUT2D eigenvalue weighted by molar-refractivity contribution is 0.151. The van der Waals surface area contributed by atoms with Gasteiger partial charge in [-0.15, -0.1) is 0 Å². The molecule has 0 aliphatic heterocycles. The molecule has 0 heterocycles. The fraction of sp³-hybridized carbons (Fsp3) is 0.600. The van der Waals surface area contributed by atoms with Gasteiger partial charge in [0.25, 0.3) is 0 Å². The van der Waals surface area contributed by atoms with Crippen LogP contribution in [0.5, 0.6) is 0 Å². The second kappa shape index (κ2) is 4.06. The molecule has 1 N–H and O–H groups in total. The van der Waals surface area contributed by atoms with Gasteiger partial charge in [0.05, 0.1) is 11.4 Å². The van der Waals surface area contributed by atoms with Crippen LogP contribution in [0.15, 0.2) is 24.3 Å². The lowest BCUT2D eigenvalue weighted by Crippen LogP contribution is -2.20. The van der Waals surface area contributed by atoms with E-state index in [4.69, 9.17) is 0 Å². The fourth-order valence-electron chi connectivity index (χ4n) is 2.85. The first-order valence-electron chi connectivity index (χ1n) is 6.80. The second-order valence-electron chi connectivity index (χ2n) is 6.45. The monoisotopic (exact) mass is 280 g/mol. The highest BCUT2D eigenvalue weighted by molar-refractivity contribution is 7.90. The zero-order valence-electron chi connectivity index (χ0n) is 11.2. The van der Waals surface area contributed by atoms with Crippen LogP contribution in [-0.2, 0) is 21.7 Å². The zero-order chi connectivity index (χ0) is 13.7. The molecule has 2 saturated carbocycles. The normalized spacial score (nSPS) is 23.1. The molecule has 0 unspecified atom stereocenters. The standard InChI is InChI=1S/C15H20O3S/c1-19(17,18)11-14(6-7-14)13-4-2-12(3-5-13)10-15(16)8-9-15/h2-5,16H,6-11H2,1H3. The van der Waals surface area contributed by atoms with Crippen molar-refractivity contribution in [2.45, 2.75) is 43.1 Å². The summed E-state index contributed by atoms with van der Waals surface area (Å²) in [6, 6.07) is 8.15. The Morgan fingerprint density at radius 3 is 2.11 bits per heavy atom. The van der Waals surface area contributed by atoms with Crippen molar-refractivity contribution in [2.24, 2.45) is 0 Å². The smallest absolute Gasteiger partial charge is 0.148 e. The van der Waals surface area contributed by atoms with Crippen molar-refractivity contribution in [3.8, 4) is 0 Å². The van der Waals surface area contributed by atoms with Gasteiger partial charge in [0.15, 0.2) is 0 Å². The third kappa shape index (κ3) is 3.00. The zero-order valence-corrected chi connectivity index (χ0v) is 12.0. The van der Waals surface area contributed by atoms with Crippen LogP contribution in [0, 0.1) is 0 Å². The molecule has 3 nitrogen and oxygen atoms in total. The maximum atomic E-state index is 11.5. The summed E-state index contributed by atoms with van der Waals surface area (Å²) in [6.07, 6.45) is 5.74. The summed E-state index contributed by atoms with van der Waals surface area (Å²) in [5.41, 5.74) is 1.66. The molecule has 0 atom stereocenters. The molecule has 1 aromatic carbocycles. The Morgan fingerprint density at radius 2 is 1.68 bits per heavy atom. The van der Waals surface area contributed by atoms with Gasteiger partial charge in [-0.3, -0.25) is 0 Å². The lowest BCUT2D eigenvalue weighted by atomic mass is 9.95. The minimum Gasteiger partial charge on any atom is -0.390 e. The molecule has 0 spiro atoms. The largest absolute Gasteiger partial charge is 0.390 e. The minimum atomic E-state index is -2.94. The first-order chi connectivity index (χ1) is 8.80. The average molecular weight is 280 g/mol. The van der Waals surface area contributed by atoms with Crippen LogP contribution in [0.1, 0.15) is 36.8 Å². The number of sulfone groups is 1. The molecule has 1 aromatic rings. The lowest BCUT2D eigenvalue weighted by Gasteiger charge is -2.15. The van der Waals surface area contributed by atoms with Crippen molar-refractivity contribution >= 4 is 9.84 Å². The predicted octanol–water partition coefficient (Wildman–Crippen LogP) is 1.83. The summed E-state index contributed by atoms with van der Waals surface area (Å²) in [7, 11) is -2.94. The van der Waals surface area contributed by atoms with Crippen LogP contribution in [0.2, 0.25) is 0 Å². The Bertz CT molecular complexity index is 578. The van der Waals surface area contributed by atoms with Crippen molar-refractivity contribution in [3.05, 3.63) is 35.4 Å². The molecule has 4 heteroatoms. The van der Waals surface area contributed by atoms with Crippen LogP contribution < -0.4 is 0 Å². The molecule has 104 valence electrons. The quantitative estimate of drug-likeness (QED) is 0.895. The summed E-state index contributed by atoms with van der Waals surface area (Å²) in [5.74, 6) is 0.253. The van der Waals surface area contributed by atoms with E-state index in [1.54, 1.807) is 0 Å². The van der Waals surface area contributed by atoms with Gasteiger partial charge in [-0.2, -0.15) is 0 Å². The highest BCUT2D eigenvalue weighted by Crippen LogP contribution is 2.49. The van der Waals surface area contributed by atoms with Gasteiger partial charge in [0.1, 0.15) is 9.84 Å². The average Bonchev–Trinajstić information content (AvgIpc) is 3.19. The topological polar surface area (TPSA) is 54.4 Å². The van der Waals surface area contributed by atoms with E-state index in [-0.39, 0.29) is 11.2 Å². The molecule has 0 amide bonds. The summed E-state index contributed by atoms with van der Waals surface area (Å²) in [6.45, 7) is 0. The molecular weight excluding hydrogens is 260 g/mol. The van der Waals surface area contributed by atoms with E-state index in [1.807, 2.05) is 24.3 Å². The summed E-state index contributed by atoms with van der Waals surface area (Å²) < 4.78 is 23.0. The van der Waals surface area contributed by atoms with Crippen molar-refractivity contribution in [1.29, 1.82) is 0 Å². The summed E-state index contributed by atoms with van der Waals surface area (Å²) in [4.78, 5) is 0. The molecule has 3 rings (SSSR count).